The van der Waals surface area contributed by atoms with Gasteiger partial charge in [0.25, 0.3) is 0 Å². The SMILES string of the molecule is NCc1nc2ccc(-c3ccccc3F)nn2c1Br. The first-order valence-corrected chi connectivity index (χ1v) is 6.49. The van der Waals surface area contributed by atoms with Crippen molar-refractivity contribution in [2.24, 2.45) is 5.73 Å². The maximum atomic E-state index is 13.8. The lowest BCUT2D eigenvalue weighted by Crippen LogP contribution is -1.98. The maximum Gasteiger partial charge on any atom is 0.155 e. The van der Waals surface area contributed by atoms with Crippen molar-refractivity contribution in [2.75, 3.05) is 0 Å². The molecular weight excluding hydrogens is 311 g/mol. The van der Waals surface area contributed by atoms with Gasteiger partial charge in [-0.2, -0.15) is 5.10 Å². The average molecular weight is 321 g/mol. The molecule has 6 heteroatoms. The van der Waals surface area contributed by atoms with Crippen molar-refractivity contribution in [1.82, 2.24) is 14.6 Å². The van der Waals surface area contributed by atoms with Crippen LogP contribution in [0.3, 0.4) is 0 Å². The van der Waals surface area contributed by atoms with Crippen LogP contribution in [-0.4, -0.2) is 14.6 Å². The summed E-state index contributed by atoms with van der Waals surface area (Å²) in [6.07, 6.45) is 0. The number of hydrogen-bond acceptors (Lipinski definition) is 3. The third-order valence-corrected chi connectivity index (χ3v) is 3.63. The zero-order valence-electron chi connectivity index (χ0n) is 9.85. The molecule has 0 spiro atoms. The summed E-state index contributed by atoms with van der Waals surface area (Å²) in [6.45, 7) is 0.318. The van der Waals surface area contributed by atoms with Crippen molar-refractivity contribution in [2.45, 2.75) is 6.54 Å². The van der Waals surface area contributed by atoms with E-state index in [1.165, 1.54) is 6.07 Å². The molecule has 0 saturated carbocycles. The zero-order chi connectivity index (χ0) is 13.4. The first-order chi connectivity index (χ1) is 9.20. The standard InChI is InChI=1S/C13H10BrFN4/c14-13-11(7-16)17-12-6-5-10(18-19(12)13)8-3-1-2-4-9(8)15/h1-6H,7,16H2. The smallest absolute Gasteiger partial charge is 0.155 e. The molecule has 0 aliphatic heterocycles. The van der Waals surface area contributed by atoms with E-state index in [0.717, 1.165) is 5.69 Å². The minimum absolute atomic E-state index is 0.301. The number of imidazole rings is 1. The molecule has 2 aromatic heterocycles. The molecule has 0 aliphatic carbocycles. The largest absolute Gasteiger partial charge is 0.325 e. The van der Waals surface area contributed by atoms with Crippen LogP contribution in [0.15, 0.2) is 41.0 Å². The van der Waals surface area contributed by atoms with E-state index < -0.39 is 0 Å². The van der Waals surface area contributed by atoms with E-state index in [1.54, 1.807) is 34.8 Å². The zero-order valence-corrected chi connectivity index (χ0v) is 11.4. The Balaban J connectivity index is 2.22. The van der Waals surface area contributed by atoms with Gasteiger partial charge < -0.3 is 5.73 Å². The highest BCUT2D eigenvalue weighted by molar-refractivity contribution is 9.10. The number of rotatable bonds is 2. The Hall–Kier alpha value is -1.79. The predicted octanol–water partition coefficient (Wildman–Crippen LogP) is 2.76. The highest BCUT2D eigenvalue weighted by atomic mass is 79.9. The molecule has 0 aliphatic rings. The minimum atomic E-state index is -0.301. The summed E-state index contributed by atoms with van der Waals surface area (Å²) in [4.78, 5) is 4.32. The first kappa shape index (κ1) is 12.3. The van der Waals surface area contributed by atoms with Gasteiger partial charge in [0.05, 0.1) is 11.4 Å². The van der Waals surface area contributed by atoms with E-state index in [2.05, 4.69) is 26.0 Å². The van der Waals surface area contributed by atoms with Crippen molar-refractivity contribution in [1.29, 1.82) is 0 Å². The van der Waals surface area contributed by atoms with Crippen molar-refractivity contribution in [3.63, 3.8) is 0 Å². The van der Waals surface area contributed by atoms with Crippen molar-refractivity contribution >= 4 is 21.6 Å². The maximum absolute atomic E-state index is 13.8. The van der Waals surface area contributed by atoms with Crippen molar-refractivity contribution in [3.8, 4) is 11.3 Å². The molecule has 0 bridgehead atoms. The van der Waals surface area contributed by atoms with E-state index in [4.69, 9.17) is 5.73 Å². The fourth-order valence-electron chi connectivity index (χ4n) is 1.89. The van der Waals surface area contributed by atoms with E-state index >= 15 is 0 Å². The molecular formula is C13H10BrFN4. The number of halogens is 2. The second-order valence-corrected chi connectivity index (χ2v) is 4.77. The Morgan fingerprint density at radius 1 is 1.21 bits per heavy atom. The molecule has 1 aromatic carbocycles. The van der Waals surface area contributed by atoms with Crippen LogP contribution in [-0.2, 0) is 6.54 Å². The Kier molecular flexibility index (Phi) is 3.04. The molecule has 2 N–H and O–H groups in total. The van der Waals surface area contributed by atoms with Gasteiger partial charge in [0, 0.05) is 12.1 Å². The Bertz CT molecular complexity index is 753. The summed E-state index contributed by atoms with van der Waals surface area (Å²) < 4.78 is 16.1. The second kappa shape index (κ2) is 4.71. The molecule has 3 rings (SSSR count). The van der Waals surface area contributed by atoms with E-state index in [0.29, 0.717) is 28.1 Å². The number of benzene rings is 1. The molecule has 2 heterocycles. The number of nitrogens with zero attached hydrogens (tertiary/aromatic N) is 3. The minimum Gasteiger partial charge on any atom is -0.325 e. The predicted molar refractivity (Wildman–Crippen MR) is 74.0 cm³/mol. The van der Waals surface area contributed by atoms with Gasteiger partial charge in [-0.1, -0.05) is 12.1 Å². The van der Waals surface area contributed by atoms with Crippen LogP contribution in [0.1, 0.15) is 5.69 Å². The topological polar surface area (TPSA) is 56.2 Å². The molecule has 0 radical (unpaired) electrons. The Morgan fingerprint density at radius 3 is 2.74 bits per heavy atom. The molecule has 96 valence electrons. The van der Waals surface area contributed by atoms with Crippen molar-refractivity contribution < 1.29 is 4.39 Å². The van der Waals surface area contributed by atoms with Crippen LogP contribution in [0, 0.1) is 5.82 Å². The van der Waals surface area contributed by atoms with Crippen molar-refractivity contribution in [3.05, 3.63) is 52.5 Å². The lowest BCUT2D eigenvalue weighted by molar-refractivity contribution is 0.630. The van der Waals surface area contributed by atoms with Crippen LogP contribution < -0.4 is 5.73 Å². The van der Waals surface area contributed by atoms with Crippen LogP contribution in [0.2, 0.25) is 0 Å². The fourth-order valence-corrected chi connectivity index (χ4v) is 2.41. The van der Waals surface area contributed by atoms with Crippen LogP contribution in [0.5, 0.6) is 0 Å². The lowest BCUT2D eigenvalue weighted by Gasteiger charge is -2.03. The van der Waals surface area contributed by atoms with Gasteiger partial charge in [-0.15, -0.1) is 0 Å². The quantitative estimate of drug-likeness (QED) is 0.790. The second-order valence-electron chi connectivity index (χ2n) is 4.02. The first-order valence-electron chi connectivity index (χ1n) is 5.70. The average Bonchev–Trinajstić information content (AvgIpc) is 2.76. The molecule has 4 nitrogen and oxygen atoms in total. The number of nitrogens with two attached hydrogens (primary N) is 1. The van der Waals surface area contributed by atoms with E-state index in [1.807, 2.05) is 0 Å². The molecule has 0 fully saturated rings. The van der Waals surface area contributed by atoms with Crippen LogP contribution >= 0.6 is 15.9 Å². The van der Waals surface area contributed by atoms with Gasteiger partial charge in [-0.05, 0) is 40.2 Å². The Morgan fingerprint density at radius 2 is 2.00 bits per heavy atom. The van der Waals surface area contributed by atoms with Gasteiger partial charge in [0.1, 0.15) is 10.4 Å². The van der Waals surface area contributed by atoms with Gasteiger partial charge in [0.2, 0.25) is 0 Å². The summed E-state index contributed by atoms with van der Waals surface area (Å²) in [7, 11) is 0. The highest BCUT2D eigenvalue weighted by Gasteiger charge is 2.12. The molecule has 19 heavy (non-hydrogen) atoms. The van der Waals surface area contributed by atoms with E-state index in [9.17, 15) is 4.39 Å². The number of hydrogen-bond donors (Lipinski definition) is 1. The monoisotopic (exact) mass is 320 g/mol. The third kappa shape index (κ3) is 2.02. The number of aromatic nitrogens is 3. The summed E-state index contributed by atoms with van der Waals surface area (Å²) in [5.74, 6) is -0.301. The van der Waals surface area contributed by atoms with Crippen LogP contribution in [0.4, 0.5) is 4.39 Å². The summed E-state index contributed by atoms with van der Waals surface area (Å²) in [5.41, 5.74) is 7.99. The fraction of sp³-hybridized carbons (Fsp3) is 0.0769. The molecule has 0 atom stereocenters. The molecule has 0 unspecified atom stereocenters. The van der Waals surface area contributed by atoms with E-state index in [-0.39, 0.29) is 5.82 Å². The third-order valence-electron chi connectivity index (χ3n) is 2.83. The van der Waals surface area contributed by atoms with Gasteiger partial charge in [-0.25, -0.2) is 13.9 Å². The summed E-state index contributed by atoms with van der Waals surface area (Å²) >= 11 is 3.40. The van der Waals surface area contributed by atoms with Crippen LogP contribution in [0.25, 0.3) is 16.9 Å². The summed E-state index contributed by atoms with van der Waals surface area (Å²) in [5, 5.41) is 4.39. The van der Waals surface area contributed by atoms with Gasteiger partial charge >= 0.3 is 0 Å². The number of fused-ring (bicyclic) bond motifs is 1. The van der Waals surface area contributed by atoms with Gasteiger partial charge in [0.15, 0.2) is 5.65 Å². The normalized spacial score (nSPS) is 11.1. The molecule has 0 saturated heterocycles. The summed E-state index contributed by atoms with van der Waals surface area (Å²) in [6, 6.07) is 10.1. The highest BCUT2D eigenvalue weighted by Crippen LogP contribution is 2.23. The molecule has 0 amide bonds. The Labute approximate surface area is 117 Å². The molecule has 3 aromatic rings. The lowest BCUT2D eigenvalue weighted by atomic mass is 10.1. The van der Waals surface area contributed by atoms with Gasteiger partial charge in [-0.3, -0.25) is 0 Å².